The Morgan fingerprint density at radius 1 is 0.471 bits per heavy atom. The van der Waals surface area contributed by atoms with Gasteiger partial charge in [-0.05, 0) is 83.2 Å². The van der Waals surface area contributed by atoms with E-state index >= 15 is 0 Å². The molecule has 0 spiro atoms. The molecule has 0 amide bonds. The van der Waals surface area contributed by atoms with Crippen LogP contribution < -0.4 is 35.7 Å². The van der Waals surface area contributed by atoms with E-state index in [1.165, 1.54) is 11.2 Å². The highest BCUT2D eigenvalue weighted by molar-refractivity contribution is 6.99. The van der Waals surface area contributed by atoms with Gasteiger partial charge in [0.25, 0.3) is 6.71 Å². The summed E-state index contributed by atoms with van der Waals surface area (Å²) in [6.45, 7) is -0.00474. The summed E-state index contributed by atoms with van der Waals surface area (Å²) in [5.74, 6) is 3.23. The van der Waals surface area contributed by atoms with Crippen molar-refractivity contribution in [3.8, 4) is 34.1 Å². The molecular formula is C46H29BN2O2. The molecule has 8 aromatic carbocycles. The predicted octanol–water partition coefficient (Wildman–Crippen LogP) is 10.5. The maximum Gasteiger partial charge on any atom is 0.256 e. The SMILES string of the molecule is c1ccc(N2c3ccccc3B3c4ccccc4Oc4c5c(cc2c43)-c2ccc(N(c3ccccc3)c3ccccc3)c3cccc(c23)O5)cc1. The molecular weight excluding hydrogens is 623 g/mol. The van der Waals surface area contributed by atoms with Gasteiger partial charge in [0.05, 0.1) is 5.69 Å². The van der Waals surface area contributed by atoms with Crippen LogP contribution in [0, 0.1) is 0 Å². The van der Waals surface area contributed by atoms with Crippen LogP contribution in [0.4, 0.5) is 34.1 Å². The number of nitrogens with zero attached hydrogens (tertiary/aromatic N) is 2. The Hall–Kier alpha value is -6.72. The van der Waals surface area contributed by atoms with Crippen LogP contribution in [0.25, 0.3) is 21.9 Å². The topological polar surface area (TPSA) is 24.9 Å². The Bertz CT molecular complexity index is 2620. The molecule has 4 nitrogen and oxygen atoms in total. The normalized spacial score (nSPS) is 12.9. The van der Waals surface area contributed by atoms with Crippen molar-refractivity contribution in [3.05, 3.63) is 176 Å². The molecule has 238 valence electrons. The van der Waals surface area contributed by atoms with E-state index in [4.69, 9.17) is 9.47 Å². The van der Waals surface area contributed by atoms with E-state index in [0.717, 1.165) is 84.3 Å². The maximum atomic E-state index is 7.05. The largest absolute Gasteiger partial charge is 0.454 e. The van der Waals surface area contributed by atoms with E-state index in [2.05, 4.69) is 186 Å². The molecule has 51 heavy (non-hydrogen) atoms. The van der Waals surface area contributed by atoms with Gasteiger partial charge in [-0.2, -0.15) is 0 Å². The average molecular weight is 653 g/mol. The summed E-state index contributed by atoms with van der Waals surface area (Å²) in [6, 6.07) is 62.2. The Kier molecular flexibility index (Phi) is 6.01. The third-order valence-corrected chi connectivity index (χ3v) is 10.5. The molecule has 0 atom stereocenters. The van der Waals surface area contributed by atoms with Crippen LogP contribution in [0.15, 0.2) is 176 Å². The van der Waals surface area contributed by atoms with E-state index in [9.17, 15) is 0 Å². The van der Waals surface area contributed by atoms with Gasteiger partial charge >= 0.3 is 0 Å². The molecule has 0 N–H and O–H groups in total. The van der Waals surface area contributed by atoms with Crippen molar-refractivity contribution >= 4 is 68.0 Å². The lowest BCUT2D eigenvalue weighted by molar-refractivity contribution is 0.424. The van der Waals surface area contributed by atoms with Crippen LogP contribution in [0.2, 0.25) is 0 Å². The zero-order valence-corrected chi connectivity index (χ0v) is 27.5. The second kappa shape index (κ2) is 10.9. The van der Waals surface area contributed by atoms with Crippen molar-refractivity contribution in [2.45, 2.75) is 0 Å². The fourth-order valence-electron chi connectivity index (χ4n) is 8.38. The van der Waals surface area contributed by atoms with Crippen LogP contribution >= 0.6 is 0 Å². The summed E-state index contributed by atoms with van der Waals surface area (Å²) in [7, 11) is 0. The molecule has 0 aliphatic carbocycles. The molecule has 8 aromatic rings. The third kappa shape index (κ3) is 4.09. The number of hydrogen-bond donors (Lipinski definition) is 0. The summed E-state index contributed by atoms with van der Waals surface area (Å²) in [6.07, 6.45) is 0. The van der Waals surface area contributed by atoms with Gasteiger partial charge in [0.15, 0.2) is 11.5 Å². The summed E-state index contributed by atoms with van der Waals surface area (Å²) in [5, 5.41) is 2.20. The quantitative estimate of drug-likeness (QED) is 0.177. The van der Waals surface area contributed by atoms with Crippen molar-refractivity contribution in [1.82, 2.24) is 0 Å². The summed E-state index contributed by atoms with van der Waals surface area (Å²) in [5.41, 5.74) is 12.3. The Morgan fingerprint density at radius 3 is 1.86 bits per heavy atom. The molecule has 0 bridgehead atoms. The lowest BCUT2D eigenvalue weighted by atomic mass is 9.34. The molecule has 0 saturated carbocycles. The number of anilines is 6. The molecule has 3 heterocycles. The van der Waals surface area contributed by atoms with E-state index in [1.807, 2.05) is 0 Å². The van der Waals surface area contributed by atoms with Gasteiger partial charge in [0, 0.05) is 50.2 Å². The minimum absolute atomic E-state index is 0.00474. The summed E-state index contributed by atoms with van der Waals surface area (Å²) in [4.78, 5) is 4.72. The standard InChI is InChI=1S/C46H29BN2O2/c1-4-15-30(16-5-1)48(31-17-6-2-7-18-31)38-28-27-33-35-29-40-44-46(45(35)51-42-26-14-21-34(38)43(33)42)50-41-25-13-11-23-37(41)47(44)36-22-10-12-24-39(36)49(40)32-19-8-3-9-20-32/h1-29H. The number of ether oxygens (including phenoxy) is 2. The summed E-state index contributed by atoms with van der Waals surface area (Å²) < 4.78 is 14.0. The minimum Gasteiger partial charge on any atom is -0.454 e. The number of rotatable bonds is 4. The number of hydrogen-bond acceptors (Lipinski definition) is 4. The second-order valence-corrected chi connectivity index (χ2v) is 13.2. The number of benzene rings is 8. The minimum atomic E-state index is -0.00474. The lowest BCUT2D eigenvalue weighted by Crippen LogP contribution is -2.59. The highest BCUT2D eigenvalue weighted by Crippen LogP contribution is 2.56. The monoisotopic (exact) mass is 652 g/mol. The van der Waals surface area contributed by atoms with Crippen LogP contribution in [0.3, 0.4) is 0 Å². The van der Waals surface area contributed by atoms with Gasteiger partial charge in [-0.1, -0.05) is 109 Å². The van der Waals surface area contributed by atoms with Crippen LogP contribution in [-0.4, -0.2) is 6.71 Å². The molecule has 0 saturated heterocycles. The number of fused-ring (bicyclic) bond motifs is 7. The first-order valence-corrected chi connectivity index (χ1v) is 17.4. The van der Waals surface area contributed by atoms with Crippen LogP contribution in [-0.2, 0) is 0 Å². The van der Waals surface area contributed by atoms with Crippen LogP contribution in [0.5, 0.6) is 23.0 Å². The van der Waals surface area contributed by atoms with Crippen molar-refractivity contribution in [1.29, 1.82) is 0 Å². The molecule has 0 radical (unpaired) electrons. The first kappa shape index (κ1) is 28.2. The number of para-hydroxylation sites is 5. The molecule has 0 aromatic heterocycles. The van der Waals surface area contributed by atoms with E-state index < -0.39 is 0 Å². The predicted molar refractivity (Wildman–Crippen MR) is 210 cm³/mol. The van der Waals surface area contributed by atoms with Gasteiger partial charge in [0.2, 0.25) is 0 Å². The van der Waals surface area contributed by atoms with Gasteiger partial charge < -0.3 is 19.3 Å². The van der Waals surface area contributed by atoms with E-state index in [0.29, 0.717) is 0 Å². The fraction of sp³-hybridized carbons (Fsp3) is 0. The molecule has 0 unspecified atom stereocenters. The second-order valence-electron chi connectivity index (χ2n) is 13.2. The van der Waals surface area contributed by atoms with Crippen molar-refractivity contribution in [2.24, 2.45) is 0 Å². The average Bonchev–Trinajstić information content (AvgIpc) is 3.20. The third-order valence-electron chi connectivity index (χ3n) is 10.5. The van der Waals surface area contributed by atoms with Gasteiger partial charge in [-0.25, -0.2) is 0 Å². The fourth-order valence-corrected chi connectivity index (χ4v) is 8.38. The maximum absolute atomic E-state index is 7.05. The zero-order valence-electron chi connectivity index (χ0n) is 27.5. The highest BCUT2D eigenvalue weighted by Gasteiger charge is 2.44. The Labute approximate surface area is 296 Å². The first-order chi connectivity index (χ1) is 25.3. The van der Waals surface area contributed by atoms with Crippen LogP contribution in [0.1, 0.15) is 0 Å². The highest BCUT2D eigenvalue weighted by atomic mass is 16.5. The summed E-state index contributed by atoms with van der Waals surface area (Å²) >= 11 is 0. The van der Waals surface area contributed by atoms with Crippen molar-refractivity contribution < 1.29 is 9.47 Å². The first-order valence-electron chi connectivity index (χ1n) is 17.4. The molecule has 11 rings (SSSR count). The molecule has 3 aliphatic heterocycles. The Morgan fingerprint density at radius 2 is 1.10 bits per heavy atom. The van der Waals surface area contributed by atoms with E-state index in [-0.39, 0.29) is 6.71 Å². The Balaban J connectivity index is 1.19. The smallest absolute Gasteiger partial charge is 0.256 e. The van der Waals surface area contributed by atoms with Crippen molar-refractivity contribution in [3.63, 3.8) is 0 Å². The van der Waals surface area contributed by atoms with Gasteiger partial charge in [-0.3, -0.25) is 0 Å². The lowest BCUT2D eigenvalue weighted by Gasteiger charge is -2.41. The van der Waals surface area contributed by atoms with Gasteiger partial charge in [0.1, 0.15) is 11.5 Å². The van der Waals surface area contributed by atoms with E-state index in [1.54, 1.807) is 0 Å². The van der Waals surface area contributed by atoms with Crippen molar-refractivity contribution in [2.75, 3.05) is 9.80 Å². The molecule has 5 heteroatoms. The van der Waals surface area contributed by atoms with Gasteiger partial charge in [-0.15, -0.1) is 0 Å². The zero-order chi connectivity index (χ0) is 33.5. The molecule has 3 aliphatic rings. The molecule has 0 fully saturated rings.